The van der Waals surface area contributed by atoms with E-state index in [1.807, 2.05) is 41.4 Å². The monoisotopic (exact) mass is 374 g/mol. The van der Waals surface area contributed by atoms with Crippen LogP contribution in [0.2, 0.25) is 5.02 Å². The Morgan fingerprint density at radius 2 is 2.15 bits per heavy atom. The highest BCUT2D eigenvalue weighted by Crippen LogP contribution is 2.21. The first-order valence-electron chi connectivity index (χ1n) is 9.42. The van der Waals surface area contributed by atoms with Crippen LogP contribution >= 0.6 is 11.6 Å². The number of piperidine rings is 1. The highest BCUT2D eigenvalue weighted by molar-refractivity contribution is 6.30. The van der Waals surface area contributed by atoms with Crippen LogP contribution in [0.3, 0.4) is 0 Å². The number of carbonyl (C=O) groups excluding carboxylic acids is 1. The number of halogens is 1. The Kier molecular flexibility index (Phi) is 6.69. The minimum absolute atomic E-state index is 0.0956. The zero-order valence-corrected chi connectivity index (χ0v) is 16.1. The number of nitrogens with zero attached hydrogens (tertiary/aromatic N) is 3. The second kappa shape index (κ2) is 9.19. The van der Waals surface area contributed by atoms with E-state index in [0.717, 1.165) is 43.7 Å². The molecule has 5 nitrogen and oxygen atoms in total. The van der Waals surface area contributed by atoms with Gasteiger partial charge >= 0.3 is 0 Å². The molecule has 1 aromatic heterocycles. The van der Waals surface area contributed by atoms with Gasteiger partial charge in [0.1, 0.15) is 6.54 Å². The van der Waals surface area contributed by atoms with Gasteiger partial charge in [0.2, 0.25) is 5.91 Å². The van der Waals surface area contributed by atoms with Crippen molar-refractivity contribution in [3.63, 3.8) is 0 Å². The average Bonchev–Trinajstić information content (AvgIpc) is 3.12. The Labute approximate surface area is 160 Å². The minimum atomic E-state index is 0.0956. The van der Waals surface area contributed by atoms with E-state index in [9.17, 15) is 4.79 Å². The number of hydrogen-bond acceptors (Lipinski definition) is 3. The molecule has 0 aliphatic carbocycles. The van der Waals surface area contributed by atoms with Crippen molar-refractivity contribution in [3.05, 3.63) is 52.8 Å². The summed E-state index contributed by atoms with van der Waals surface area (Å²) < 4.78 is 1.77. The summed E-state index contributed by atoms with van der Waals surface area (Å²) in [5.74, 6) is 0.555. The van der Waals surface area contributed by atoms with E-state index in [4.69, 9.17) is 11.6 Å². The van der Waals surface area contributed by atoms with E-state index in [0.29, 0.717) is 17.5 Å². The fraction of sp³-hybridized carbons (Fsp3) is 0.500. The number of hydrogen-bond donors (Lipinski definition) is 1. The van der Waals surface area contributed by atoms with Crippen LogP contribution < -0.4 is 5.32 Å². The van der Waals surface area contributed by atoms with Crippen molar-refractivity contribution in [1.82, 2.24) is 20.0 Å². The number of nitrogens with one attached hydrogen (secondary N) is 1. The van der Waals surface area contributed by atoms with E-state index in [1.54, 1.807) is 4.68 Å². The molecule has 6 heteroatoms. The molecule has 0 radical (unpaired) electrons. The van der Waals surface area contributed by atoms with Crippen LogP contribution in [0.5, 0.6) is 0 Å². The molecule has 140 valence electrons. The largest absolute Gasteiger partial charge is 0.337 e. The summed E-state index contributed by atoms with van der Waals surface area (Å²) in [6.45, 7) is 5.78. The smallest absolute Gasteiger partial charge is 0.244 e. The van der Waals surface area contributed by atoms with Gasteiger partial charge in [0, 0.05) is 36.8 Å². The van der Waals surface area contributed by atoms with Crippen LogP contribution in [0.15, 0.2) is 36.5 Å². The Hall–Kier alpha value is -1.85. The van der Waals surface area contributed by atoms with E-state index < -0.39 is 0 Å². The maximum Gasteiger partial charge on any atom is 0.244 e. The third-order valence-corrected chi connectivity index (χ3v) is 5.06. The maximum atomic E-state index is 12.8. The average molecular weight is 375 g/mol. The van der Waals surface area contributed by atoms with Gasteiger partial charge in [0.05, 0.1) is 5.69 Å². The molecule has 1 aliphatic heterocycles. The summed E-state index contributed by atoms with van der Waals surface area (Å²) >= 11 is 5.95. The molecule has 1 aliphatic rings. The summed E-state index contributed by atoms with van der Waals surface area (Å²) in [6.07, 6.45) is 5.20. The fourth-order valence-electron chi connectivity index (χ4n) is 3.40. The lowest BCUT2D eigenvalue weighted by molar-refractivity contribution is -0.132. The van der Waals surface area contributed by atoms with Crippen LogP contribution in [0.25, 0.3) is 0 Å². The van der Waals surface area contributed by atoms with E-state index in [1.165, 1.54) is 6.42 Å². The summed E-state index contributed by atoms with van der Waals surface area (Å²) in [4.78, 5) is 14.7. The van der Waals surface area contributed by atoms with E-state index in [2.05, 4.69) is 17.3 Å². The topological polar surface area (TPSA) is 50.2 Å². The molecule has 2 heterocycles. The van der Waals surface area contributed by atoms with Gasteiger partial charge in [-0.15, -0.1) is 0 Å². The Morgan fingerprint density at radius 1 is 1.35 bits per heavy atom. The third-order valence-electron chi connectivity index (χ3n) is 4.81. The zero-order valence-electron chi connectivity index (χ0n) is 15.3. The molecule has 0 saturated carbocycles. The van der Waals surface area contributed by atoms with Crippen molar-refractivity contribution in [2.45, 2.75) is 45.2 Å². The molecule has 2 aromatic rings. The number of aromatic nitrogens is 2. The SMILES string of the molecule is CCCN(Cc1ccc(Cl)cc1)C(=O)Cn1ccc([C@@H]2CCCNC2)n1. The van der Waals surface area contributed by atoms with Crippen LogP contribution in [0.1, 0.15) is 43.4 Å². The van der Waals surface area contributed by atoms with Gasteiger partial charge in [-0.1, -0.05) is 30.7 Å². The first-order valence-corrected chi connectivity index (χ1v) is 9.80. The molecule has 0 unspecified atom stereocenters. The second-order valence-corrected chi connectivity index (χ2v) is 7.36. The molecule has 1 aromatic carbocycles. The van der Waals surface area contributed by atoms with Crippen molar-refractivity contribution < 1.29 is 4.79 Å². The summed E-state index contributed by atoms with van der Waals surface area (Å²) in [5, 5.41) is 8.77. The quantitative estimate of drug-likeness (QED) is 0.807. The van der Waals surface area contributed by atoms with Gasteiger partial charge in [-0.05, 0) is 49.6 Å². The first kappa shape index (κ1) is 18.9. The number of amides is 1. The Balaban J connectivity index is 1.62. The van der Waals surface area contributed by atoms with E-state index in [-0.39, 0.29) is 12.5 Å². The Morgan fingerprint density at radius 3 is 2.85 bits per heavy atom. The molecule has 3 rings (SSSR count). The van der Waals surface area contributed by atoms with Crippen molar-refractivity contribution in [1.29, 1.82) is 0 Å². The lowest BCUT2D eigenvalue weighted by Crippen LogP contribution is -2.34. The van der Waals surface area contributed by atoms with Gasteiger partial charge in [-0.3, -0.25) is 9.48 Å². The molecule has 26 heavy (non-hydrogen) atoms. The first-order chi connectivity index (χ1) is 12.7. The fourth-order valence-corrected chi connectivity index (χ4v) is 3.52. The molecule has 1 saturated heterocycles. The molecule has 0 bridgehead atoms. The Bertz CT molecular complexity index is 707. The molecular formula is C20H27ClN4O. The predicted octanol–water partition coefficient (Wildman–Crippen LogP) is 3.44. The molecule has 1 fully saturated rings. The van der Waals surface area contributed by atoms with Crippen LogP contribution in [-0.2, 0) is 17.9 Å². The molecule has 1 amide bonds. The number of carbonyl (C=O) groups is 1. The summed E-state index contributed by atoms with van der Waals surface area (Å²) in [7, 11) is 0. The van der Waals surface area contributed by atoms with Crippen molar-refractivity contribution in [2.75, 3.05) is 19.6 Å². The van der Waals surface area contributed by atoms with Gasteiger partial charge in [-0.2, -0.15) is 5.10 Å². The standard InChI is InChI=1S/C20H27ClN4O/c1-2-11-24(14-16-5-7-18(21)8-6-16)20(26)15-25-12-9-19(23-25)17-4-3-10-22-13-17/h5-9,12,17,22H,2-4,10-11,13-15H2,1H3/t17-/m1/s1. The van der Waals surface area contributed by atoms with Gasteiger partial charge in [-0.25, -0.2) is 0 Å². The summed E-state index contributed by atoms with van der Waals surface area (Å²) in [6, 6.07) is 9.72. The van der Waals surface area contributed by atoms with Crippen LogP contribution in [0, 0.1) is 0 Å². The third kappa shape index (κ3) is 5.08. The van der Waals surface area contributed by atoms with Gasteiger partial charge < -0.3 is 10.2 Å². The molecular weight excluding hydrogens is 348 g/mol. The predicted molar refractivity (Wildman–Crippen MR) is 104 cm³/mol. The molecule has 1 N–H and O–H groups in total. The normalized spacial score (nSPS) is 17.2. The lowest BCUT2D eigenvalue weighted by Gasteiger charge is -2.23. The zero-order chi connectivity index (χ0) is 18.4. The van der Waals surface area contributed by atoms with Crippen molar-refractivity contribution in [3.8, 4) is 0 Å². The van der Waals surface area contributed by atoms with Crippen LogP contribution in [-0.4, -0.2) is 40.2 Å². The second-order valence-electron chi connectivity index (χ2n) is 6.92. The number of benzene rings is 1. The van der Waals surface area contributed by atoms with E-state index >= 15 is 0 Å². The molecule has 1 atom stereocenters. The lowest BCUT2D eigenvalue weighted by atomic mass is 9.97. The van der Waals surface area contributed by atoms with Gasteiger partial charge in [0.25, 0.3) is 0 Å². The van der Waals surface area contributed by atoms with Crippen LogP contribution in [0.4, 0.5) is 0 Å². The summed E-state index contributed by atoms with van der Waals surface area (Å²) in [5.41, 5.74) is 2.18. The van der Waals surface area contributed by atoms with Gasteiger partial charge in [0.15, 0.2) is 0 Å². The highest BCUT2D eigenvalue weighted by atomic mass is 35.5. The highest BCUT2D eigenvalue weighted by Gasteiger charge is 2.19. The molecule has 0 spiro atoms. The number of rotatable bonds is 7. The minimum Gasteiger partial charge on any atom is -0.337 e. The van der Waals surface area contributed by atoms with Crippen molar-refractivity contribution in [2.24, 2.45) is 0 Å². The maximum absolute atomic E-state index is 12.8. The van der Waals surface area contributed by atoms with Crippen molar-refractivity contribution >= 4 is 17.5 Å².